The van der Waals surface area contributed by atoms with Crippen molar-refractivity contribution in [1.29, 1.82) is 0 Å². The van der Waals surface area contributed by atoms with Gasteiger partial charge in [-0.05, 0) is 52.4 Å². The number of imidazole rings is 1. The normalized spacial score (nSPS) is 11.2. The van der Waals surface area contributed by atoms with Gasteiger partial charge in [-0.2, -0.15) is 0 Å². The number of H-pyrrole nitrogens is 1. The van der Waals surface area contributed by atoms with E-state index in [9.17, 15) is 0 Å². The van der Waals surface area contributed by atoms with Crippen LogP contribution < -0.4 is 0 Å². The molecule has 18 heavy (non-hydrogen) atoms. The van der Waals surface area contributed by atoms with Crippen molar-refractivity contribution in [3.63, 3.8) is 0 Å². The van der Waals surface area contributed by atoms with Crippen LogP contribution in [0.4, 0.5) is 0 Å². The number of hydrogen-bond acceptors (Lipinski definition) is 2. The van der Waals surface area contributed by atoms with Crippen molar-refractivity contribution in [1.82, 2.24) is 9.55 Å². The standard InChI is InChI=1S/C12H8Br2N2S2/c13-7-1-2-10-11(4-7)16(12(17)15-10)5-9-3-8(14)6-18-9/h1-4,6H,5H2,(H,15,17). The first-order valence-electron chi connectivity index (χ1n) is 5.24. The fourth-order valence-electron chi connectivity index (χ4n) is 1.88. The van der Waals surface area contributed by atoms with Gasteiger partial charge >= 0.3 is 0 Å². The van der Waals surface area contributed by atoms with Crippen LogP contribution in [0.1, 0.15) is 4.88 Å². The first kappa shape index (κ1) is 12.6. The molecule has 0 fully saturated rings. The number of benzene rings is 1. The van der Waals surface area contributed by atoms with Crippen LogP contribution in [0.5, 0.6) is 0 Å². The average molecular weight is 404 g/mol. The molecule has 0 unspecified atom stereocenters. The van der Waals surface area contributed by atoms with Crippen LogP contribution in [0, 0.1) is 4.77 Å². The van der Waals surface area contributed by atoms with Gasteiger partial charge in [0.25, 0.3) is 0 Å². The number of nitrogens with zero attached hydrogens (tertiary/aromatic N) is 1. The van der Waals surface area contributed by atoms with Gasteiger partial charge in [0.2, 0.25) is 0 Å². The number of hydrogen-bond donors (Lipinski definition) is 1. The number of aromatic amines is 1. The maximum Gasteiger partial charge on any atom is 0.178 e. The minimum absolute atomic E-state index is 0.757. The third kappa shape index (κ3) is 2.34. The molecule has 3 aromatic rings. The lowest BCUT2D eigenvalue weighted by atomic mass is 10.3. The molecule has 92 valence electrons. The van der Waals surface area contributed by atoms with Gasteiger partial charge in [-0.15, -0.1) is 11.3 Å². The predicted molar refractivity (Wildman–Crippen MR) is 85.9 cm³/mol. The minimum Gasteiger partial charge on any atom is -0.331 e. The molecule has 0 saturated heterocycles. The van der Waals surface area contributed by atoms with Crippen LogP contribution >= 0.6 is 55.4 Å². The second-order valence-corrected chi connectivity index (χ2v) is 7.12. The van der Waals surface area contributed by atoms with E-state index in [2.05, 4.69) is 58.9 Å². The summed E-state index contributed by atoms with van der Waals surface area (Å²) < 4.78 is 5.06. The zero-order valence-corrected chi connectivity index (χ0v) is 13.9. The monoisotopic (exact) mass is 402 g/mol. The highest BCUT2D eigenvalue weighted by molar-refractivity contribution is 9.10. The fourth-order valence-corrected chi connectivity index (χ4v) is 3.94. The fraction of sp³-hybridized carbons (Fsp3) is 0.0833. The van der Waals surface area contributed by atoms with E-state index in [-0.39, 0.29) is 0 Å². The van der Waals surface area contributed by atoms with Gasteiger partial charge in [0.05, 0.1) is 17.6 Å². The first-order chi connectivity index (χ1) is 8.63. The lowest BCUT2D eigenvalue weighted by molar-refractivity contribution is 0.823. The first-order valence-corrected chi connectivity index (χ1v) is 8.12. The van der Waals surface area contributed by atoms with Gasteiger partial charge in [-0.1, -0.05) is 15.9 Å². The van der Waals surface area contributed by atoms with Gasteiger partial charge < -0.3 is 9.55 Å². The van der Waals surface area contributed by atoms with E-state index < -0.39 is 0 Å². The van der Waals surface area contributed by atoms with E-state index >= 15 is 0 Å². The Bertz CT molecular complexity index is 770. The summed E-state index contributed by atoms with van der Waals surface area (Å²) in [7, 11) is 0. The third-order valence-electron chi connectivity index (χ3n) is 2.67. The molecule has 2 heterocycles. The highest BCUT2D eigenvalue weighted by Gasteiger charge is 2.07. The molecule has 0 saturated carbocycles. The van der Waals surface area contributed by atoms with Gasteiger partial charge in [-0.25, -0.2) is 0 Å². The highest BCUT2D eigenvalue weighted by Crippen LogP contribution is 2.24. The van der Waals surface area contributed by atoms with Crippen LogP contribution in [0.3, 0.4) is 0 Å². The number of aromatic nitrogens is 2. The Hall–Kier alpha value is -0.430. The van der Waals surface area contributed by atoms with E-state index in [4.69, 9.17) is 12.2 Å². The average Bonchev–Trinajstić information content (AvgIpc) is 2.86. The van der Waals surface area contributed by atoms with Crippen LogP contribution in [0.2, 0.25) is 0 Å². The van der Waals surface area contributed by atoms with E-state index in [1.54, 1.807) is 11.3 Å². The van der Waals surface area contributed by atoms with Gasteiger partial charge in [0.1, 0.15) is 0 Å². The maximum atomic E-state index is 5.39. The molecule has 0 bridgehead atoms. The number of fused-ring (bicyclic) bond motifs is 1. The van der Waals surface area contributed by atoms with E-state index in [1.807, 2.05) is 12.1 Å². The van der Waals surface area contributed by atoms with Crippen LogP contribution in [-0.2, 0) is 6.54 Å². The molecule has 0 radical (unpaired) electrons. The van der Waals surface area contributed by atoms with E-state index in [1.165, 1.54) is 4.88 Å². The number of thiophene rings is 1. The molecule has 0 aliphatic carbocycles. The topological polar surface area (TPSA) is 20.7 Å². The van der Waals surface area contributed by atoms with Crippen molar-refractivity contribution in [2.75, 3.05) is 0 Å². The Morgan fingerprint density at radius 3 is 2.78 bits per heavy atom. The number of nitrogens with one attached hydrogen (secondary N) is 1. The summed E-state index contributed by atoms with van der Waals surface area (Å²) in [5.41, 5.74) is 2.19. The molecule has 2 nitrogen and oxygen atoms in total. The summed E-state index contributed by atoms with van der Waals surface area (Å²) in [6, 6.07) is 8.27. The summed E-state index contributed by atoms with van der Waals surface area (Å²) in [6.45, 7) is 0.797. The third-order valence-corrected chi connectivity index (χ3v) is 5.17. The van der Waals surface area contributed by atoms with Gasteiger partial charge in [0.15, 0.2) is 4.77 Å². The van der Waals surface area contributed by atoms with Crippen LogP contribution in [-0.4, -0.2) is 9.55 Å². The largest absolute Gasteiger partial charge is 0.331 e. The Morgan fingerprint density at radius 1 is 1.22 bits per heavy atom. The molecular formula is C12H8Br2N2S2. The molecule has 0 aliphatic rings. The molecule has 0 atom stereocenters. The lowest BCUT2D eigenvalue weighted by Crippen LogP contribution is -1.97. The zero-order chi connectivity index (χ0) is 12.7. The van der Waals surface area contributed by atoms with Crippen molar-refractivity contribution in [3.8, 4) is 0 Å². The summed E-state index contributed by atoms with van der Waals surface area (Å²) in [4.78, 5) is 4.51. The van der Waals surface area contributed by atoms with Crippen molar-refractivity contribution in [3.05, 3.63) is 48.2 Å². The number of halogens is 2. The molecule has 0 amide bonds. The van der Waals surface area contributed by atoms with Crippen molar-refractivity contribution >= 4 is 66.4 Å². The molecule has 0 spiro atoms. The van der Waals surface area contributed by atoms with E-state index in [0.717, 1.165) is 31.3 Å². The molecule has 3 rings (SSSR count). The summed E-state index contributed by atoms with van der Waals surface area (Å²) in [5.74, 6) is 0. The van der Waals surface area contributed by atoms with Gasteiger partial charge in [0, 0.05) is 19.2 Å². The second-order valence-electron chi connectivity index (χ2n) is 3.91. The molecule has 1 N–H and O–H groups in total. The SMILES string of the molecule is S=c1[nH]c2ccc(Br)cc2n1Cc1cc(Br)cs1. The maximum absolute atomic E-state index is 5.39. The molecule has 6 heteroatoms. The quantitative estimate of drug-likeness (QED) is 0.573. The lowest BCUT2D eigenvalue weighted by Gasteiger charge is -2.02. The van der Waals surface area contributed by atoms with E-state index in [0.29, 0.717) is 0 Å². The zero-order valence-electron chi connectivity index (χ0n) is 9.11. The smallest absolute Gasteiger partial charge is 0.178 e. The summed E-state index contributed by atoms with van der Waals surface area (Å²) >= 11 is 14.1. The highest BCUT2D eigenvalue weighted by atomic mass is 79.9. The Balaban J connectivity index is 2.13. The molecule has 2 aromatic heterocycles. The van der Waals surface area contributed by atoms with Crippen molar-refractivity contribution in [2.24, 2.45) is 0 Å². The minimum atomic E-state index is 0.757. The van der Waals surface area contributed by atoms with Crippen LogP contribution in [0.15, 0.2) is 38.6 Å². The Labute approximate surface area is 130 Å². The predicted octanol–water partition coefficient (Wildman–Crippen LogP) is 5.33. The molecule has 0 aliphatic heterocycles. The second kappa shape index (κ2) is 4.92. The van der Waals surface area contributed by atoms with Crippen molar-refractivity contribution < 1.29 is 0 Å². The molecule has 1 aromatic carbocycles. The van der Waals surface area contributed by atoms with Gasteiger partial charge in [-0.3, -0.25) is 0 Å². The summed E-state index contributed by atoms with van der Waals surface area (Å²) in [6.07, 6.45) is 0. The van der Waals surface area contributed by atoms with Crippen LogP contribution in [0.25, 0.3) is 11.0 Å². The number of rotatable bonds is 2. The summed E-state index contributed by atoms with van der Waals surface area (Å²) in [5, 5.41) is 2.09. The van der Waals surface area contributed by atoms with Crippen molar-refractivity contribution in [2.45, 2.75) is 6.54 Å². The Morgan fingerprint density at radius 2 is 2.06 bits per heavy atom. The molecular weight excluding hydrogens is 396 g/mol. The Kier molecular flexibility index (Phi) is 3.44.